The zero-order valence-corrected chi connectivity index (χ0v) is 12.8. The lowest BCUT2D eigenvalue weighted by molar-refractivity contribution is 0.0996. The van der Waals surface area contributed by atoms with Gasteiger partial charge in [-0.2, -0.15) is 0 Å². The van der Waals surface area contributed by atoms with E-state index in [4.69, 9.17) is 27.9 Å². The fourth-order valence-electron chi connectivity index (χ4n) is 2.62. The Balaban J connectivity index is 2.03. The molecule has 19 heavy (non-hydrogen) atoms. The predicted molar refractivity (Wildman–Crippen MR) is 81.1 cm³/mol. The highest BCUT2D eigenvalue weighted by Gasteiger charge is 2.20. The first-order valence-corrected chi connectivity index (χ1v) is 7.76. The third-order valence-electron chi connectivity index (χ3n) is 3.59. The maximum atomic E-state index is 6.29. The van der Waals surface area contributed by atoms with Gasteiger partial charge in [0.25, 0.3) is 0 Å². The molecular formula is C15H21Cl2NO. The summed E-state index contributed by atoms with van der Waals surface area (Å²) in [5, 5.41) is 5.01. The third-order valence-corrected chi connectivity index (χ3v) is 4.16. The number of ether oxygens (including phenoxy) is 1. The molecule has 1 N–H and O–H groups in total. The van der Waals surface area contributed by atoms with Crippen molar-refractivity contribution in [1.82, 2.24) is 5.32 Å². The molecule has 0 spiro atoms. The Hall–Kier alpha value is -0.280. The smallest absolute Gasteiger partial charge is 0.0576 e. The van der Waals surface area contributed by atoms with Crippen LogP contribution in [0, 0.1) is 0 Å². The van der Waals surface area contributed by atoms with Gasteiger partial charge in [-0.05, 0) is 56.0 Å². The van der Waals surface area contributed by atoms with Gasteiger partial charge in [0.2, 0.25) is 0 Å². The Bertz CT molecular complexity index is 405. The normalized spacial score (nSPS) is 20.7. The summed E-state index contributed by atoms with van der Waals surface area (Å²) in [5.41, 5.74) is 1.09. The summed E-state index contributed by atoms with van der Waals surface area (Å²) in [6.07, 6.45) is 4.88. The van der Waals surface area contributed by atoms with E-state index in [-0.39, 0.29) is 6.04 Å². The molecule has 2 unspecified atom stereocenters. The standard InChI is InChI=1S/C15H21Cl2NO/c1-2-18-15(8-6-12-4-3-9-19-12)13-10-11(16)5-7-14(13)17/h5,7,10,12,15,18H,2-4,6,8-9H2,1H3. The fraction of sp³-hybridized carbons (Fsp3) is 0.600. The molecule has 1 saturated heterocycles. The molecule has 2 atom stereocenters. The molecule has 0 amide bonds. The molecule has 106 valence electrons. The van der Waals surface area contributed by atoms with Crippen molar-refractivity contribution in [3.05, 3.63) is 33.8 Å². The van der Waals surface area contributed by atoms with Gasteiger partial charge in [0, 0.05) is 22.7 Å². The molecule has 1 heterocycles. The SMILES string of the molecule is CCNC(CCC1CCCO1)c1cc(Cl)ccc1Cl. The molecule has 4 heteroatoms. The Kier molecular flexibility index (Phi) is 5.96. The molecule has 1 fully saturated rings. The van der Waals surface area contributed by atoms with Crippen molar-refractivity contribution >= 4 is 23.2 Å². The van der Waals surface area contributed by atoms with Gasteiger partial charge in [0.15, 0.2) is 0 Å². The molecule has 2 nitrogen and oxygen atoms in total. The van der Waals surface area contributed by atoms with E-state index in [0.29, 0.717) is 6.10 Å². The number of hydrogen-bond acceptors (Lipinski definition) is 2. The minimum Gasteiger partial charge on any atom is -0.378 e. The van der Waals surface area contributed by atoms with Crippen LogP contribution >= 0.6 is 23.2 Å². The van der Waals surface area contributed by atoms with Crippen molar-refractivity contribution in [3.8, 4) is 0 Å². The first-order chi connectivity index (χ1) is 9.20. The van der Waals surface area contributed by atoms with E-state index in [9.17, 15) is 0 Å². The summed E-state index contributed by atoms with van der Waals surface area (Å²) in [6.45, 7) is 3.94. The molecule has 2 rings (SSSR count). The summed E-state index contributed by atoms with van der Waals surface area (Å²) < 4.78 is 5.68. The van der Waals surface area contributed by atoms with Crippen molar-refractivity contribution in [2.45, 2.75) is 44.8 Å². The first-order valence-electron chi connectivity index (χ1n) is 7.00. The van der Waals surface area contributed by atoms with Crippen LogP contribution in [0.5, 0.6) is 0 Å². The Morgan fingerprint density at radius 2 is 2.26 bits per heavy atom. The van der Waals surface area contributed by atoms with Crippen LogP contribution in [0.4, 0.5) is 0 Å². The average Bonchev–Trinajstić information content (AvgIpc) is 2.91. The lowest BCUT2D eigenvalue weighted by atomic mass is 9.99. The average molecular weight is 302 g/mol. The van der Waals surface area contributed by atoms with E-state index >= 15 is 0 Å². The van der Waals surface area contributed by atoms with Crippen molar-refractivity contribution < 1.29 is 4.74 Å². The van der Waals surface area contributed by atoms with Gasteiger partial charge < -0.3 is 10.1 Å². The molecular weight excluding hydrogens is 281 g/mol. The topological polar surface area (TPSA) is 21.3 Å². The van der Waals surface area contributed by atoms with E-state index in [1.54, 1.807) is 0 Å². The quantitative estimate of drug-likeness (QED) is 0.829. The molecule has 0 saturated carbocycles. The lowest BCUT2D eigenvalue weighted by Gasteiger charge is -2.21. The van der Waals surface area contributed by atoms with Crippen LogP contribution in [-0.2, 0) is 4.74 Å². The highest BCUT2D eigenvalue weighted by molar-refractivity contribution is 6.33. The van der Waals surface area contributed by atoms with Crippen LogP contribution in [-0.4, -0.2) is 19.3 Å². The first kappa shape index (κ1) is 15.1. The maximum Gasteiger partial charge on any atom is 0.0576 e. The fourth-order valence-corrected chi connectivity index (χ4v) is 3.05. The van der Waals surface area contributed by atoms with Gasteiger partial charge in [-0.25, -0.2) is 0 Å². The predicted octanol–water partition coefficient (Wildman–Crippen LogP) is 4.60. The molecule has 1 aliphatic heterocycles. The van der Waals surface area contributed by atoms with Crippen LogP contribution in [0.2, 0.25) is 10.0 Å². The van der Waals surface area contributed by atoms with Gasteiger partial charge >= 0.3 is 0 Å². The summed E-state index contributed by atoms with van der Waals surface area (Å²) in [5.74, 6) is 0. The number of hydrogen-bond donors (Lipinski definition) is 1. The van der Waals surface area contributed by atoms with Gasteiger partial charge in [-0.1, -0.05) is 30.1 Å². The summed E-state index contributed by atoms with van der Waals surface area (Å²) >= 11 is 12.4. The van der Waals surface area contributed by atoms with Crippen LogP contribution < -0.4 is 5.32 Å². The van der Waals surface area contributed by atoms with Crippen LogP contribution in [0.1, 0.15) is 44.2 Å². The molecule has 0 aliphatic carbocycles. The monoisotopic (exact) mass is 301 g/mol. The number of rotatable bonds is 6. The zero-order valence-electron chi connectivity index (χ0n) is 11.3. The van der Waals surface area contributed by atoms with Crippen molar-refractivity contribution in [3.63, 3.8) is 0 Å². The zero-order chi connectivity index (χ0) is 13.7. The maximum absolute atomic E-state index is 6.29. The Labute approximate surface area is 125 Å². The van der Waals surface area contributed by atoms with Crippen LogP contribution in [0.25, 0.3) is 0 Å². The van der Waals surface area contributed by atoms with Gasteiger partial charge in [-0.3, -0.25) is 0 Å². The summed E-state index contributed by atoms with van der Waals surface area (Å²) in [4.78, 5) is 0. The number of nitrogens with one attached hydrogen (secondary N) is 1. The second kappa shape index (κ2) is 7.49. The molecule has 0 aromatic heterocycles. The van der Waals surface area contributed by atoms with Gasteiger partial charge in [0.05, 0.1) is 6.10 Å². The van der Waals surface area contributed by atoms with Crippen molar-refractivity contribution in [2.75, 3.05) is 13.2 Å². The van der Waals surface area contributed by atoms with E-state index in [1.165, 1.54) is 12.8 Å². The Morgan fingerprint density at radius 3 is 2.95 bits per heavy atom. The Morgan fingerprint density at radius 1 is 1.42 bits per heavy atom. The summed E-state index contributed by atoms with van der Waals surface area (Å²) in [6, 6.07) is 5.92. The highest BCUT2D eigenvalue weighted by Crippen LogP contribution is 2.30. The molecule has 0 bridgehead atoms. The summed E-state index contributed by atoms with van der Waals surface area (Å²) in [7, 11) is 0. The van der Waals surface area contributed by atoms with E-state index < -0.39 is 0 Å². The van der Waals surface area contributed by atoms with Crippen molar-refractivity contribution in [1.29, 1.82) is 0 Å². The third kappa shape index (κ3) is 4.35. The highest BCUT2D eigenvalue weighted by atomic mass is 35.5. The van der Waals surface area contributed by atoms with E-state index in [1.807, 2.05) is 18.2 Å². The molecule has 1 aromatic carbocycles. The van der Waals surface area contributed by atoms with Crippen LogP contribution in [0.15, 0.2) is 18.2 Å². The minimum atomic E-state index is 0.250. The largest absolute Gasteiger partial charge is 0.378 e. The second-order valence-corrected chi connectivity index (χ2v) is 5.83. The molecule has 1 aliphatic rings. The van der Waals surface area contributed by atoms with Crippen LogP contribution in [0.3, 0.4) is 0 Å². The molecule has 1 aromatic rings. The van der Waals surface area contributed by atoms with E-state index in [0.717, 1.165) is 41.6 Å². The molecule has 0 radical (unpaired) electrons. The number of benzene rings is 1. The van der Waals surface area contributed by atoms with Gasteiger partial charge in [0.1, 0.15) is 0 Å². The second-order valence-electron chi connectivity index (χ2n) is 4.99. The lowest BCUT2D eigenvalue weighted by Crippen LogP contribution is -2.22. The van der Waals surface area contributed by atoms with Gasteiger partial charge in [-0.15, -0.1) is 0 Å². The van der Waals surface area contributed by atoms with E-state index in [2.05, 4.69) is 12.2 Å². The number of halogens is 2. The van der Waals surface area contributed by atoms with Crippen molar-refractivity contribution in [2.24, 2.45) is 0 Å². The minimum absolute atomic E-state index is 0.250.